The van der Waals surface area contributed by atoms with Crippen LogP contribution in [0, 0.1) is 0 Å². The number of rotatable bonds is 6. The van der Waals surface area contributed by atoms with Crippen molar-refractivity contribution in [3.8, 4) is 0 Å². The first-order chi connectivity index (χ1) is 13.7. The third-order valence-corrected chi connectivity index (χ3v) is 4.05. The molecule has 0 aliphatic rings. The zero-order valence-electron chi connectivity index (χ0n) is 15.5. The van der Waals surface area contributed by atoms with Crippen molar-refractivity contribution in [1.29, 1.82) is 0 Å². The molecule has 2 rings (SSSR count). The fourth-order valence-electron chi connectivity index (χ4n) is 2.44. The molecule has 0 aromatic heterocycles. The molecule has 154 valence electrons. The molecule has 0 heterocycles. The van der Waals surface area contributed by atoms with Crippen LogP contribution in [0.3, 0.4) is 0 Å². The molecule has 0 saturated heterocycles. The van der Waals surface area contributed by atoms with Crippen LogP contribution in [0.4, 0.5) is 13.2 Å². The molecule has 2 aromatic carbocycles. The quantitative estimate of drug-likeness (QED) is 0.643. The molecular formula is C20H20F3N3O3. The van der Waals surface area contributed by atoms with E-state index in [1.165, 1.54) is 0 Å². The van der Waals surface area contributed by atoms with Gasteiger partial charge >= 0.3 is 6.18 Å². The maximum absolute atomic E-state index is 12.5. The van der Waals surface area contributed by atoms with Crippen molar-refractivity contribution < 1.29 is 27.6 Å². The maximum Gasteiger partial charge on any atom is 0.416 e. The van der Waals surface area contributed by atoms with Crippen LogP contribution in [0.5, 0.6) is 0 Å². The van der Waals surface area contributed by atoms with E-state index in [1.54, 1.807) is 0 Å². The van der Waals surface area contributed by atoms with Crippen molar-refractivity contribution in [1.82, 2.24) is 16.2 Å². The minimum atomic E-state index is -4.50. The van der Waals surface area contributed by atoms with Crippen LogP contribution in [-0.2, 0) is 15.8 Å². The molecule has 0 aliphatic heterocycles. The molecule has 3 amide bonds. The Morgan fingerprint density at radius 3 is 2.03 bits per heavy atom. The summed E-state index contributed by atoms with van der Waals surface area (Å²) in [5, 5.41) is 2.76. The highest BCUT2D eigenvalue weighted by atomic mass is 19.4. The summed E-state index contributed by atoms with van der Waals surface area (Å²) >= 11 is 0. The second-order valence-corrected chi connectivity index (χ2v) is 6.28. The first kappa shape index (κ1) is 21.9. The molecule has 6 nitrogen and oxygen atoms in total. The molecule has 0 radical (unpaired) electrons. The highest BCUT2D eigenvalue weighted by Crippen LogP contribution is 2.29. The first-order valence-corrected chi connectivity index (χ1v) is 8.77. The third kappa shape index (κ3) is 6.95. The van der Waals surface area contributed by atoms with Gasteiger partial charge in [-0.1, -0.05) is 30.3 Å². The maximum atomic E-state index is 12.5. The zero-order chi connectivity index (χ0) is 21.4. The molecule has 1 atom stereocenters. The molecule has 3 N–H and O–H groups in total. The monoisotopic (exact) mass is 407 g/mol. The summed E-state index contributed by atoms with van der Waals surface area (Å²) in [5.74, 6) is -1.70. The van der Waals surface area contributed by atoms with E-state index >= 15 is 0 Å². The van der Waals surface area contributed by atoms with Gasteiger partial charge in [0.05, 0.1) is 11.6 Å². The lowest BCUT2D eigenvalue weighted by molar-refractivity contribution is -0.137. The van der Waals surface area contributed by atoms with E-state index in [0.717, 1.165) is 29.8 Å². The van der Waals surface area contributed by atoms with Crippen LogP contribution in [0.2, 0.25) is 0 Å². The summed E-state index contributed by atoms with van der Waals surface area (Å²) < 4.78 is 37.5. The van der Waals surface area contributed by atoms with Gasteiger partial charge in [0.15, 0.2) is 0 Å². The average Bonchev–Trinajstić information content (AvgIpc) is 2.70. The minimum absolute atomic E-state index is 0.0484. The number of nitrogens with one attached hydrogen (secondary N) is 3. The van der Waals surface area contributed by atoms with Crippen LogP contribution in [0.1, 0.15) is 47.3 Å². The Bertz CT molecular complexity index is 853. The normalized spacial score (nSPS) is 12.0. The molecule has 0 bridgehead atoms. The van der Waals surface area contributed by atoms with Gasteiger partial charge in [-0.05, 0) is 36.8 Å². The van der Waals surface area contributed by atoms with Gasteiger partial charge in [0, 0.05) is 18.4 Å². The van der Waals surface area contributed by atoms with E-state index in [0.29, 0.717) is 0 Å². The number of amides is 3. The molecular weight excluding hydrogens is 387 g/mol. The van der Waals surface area contributed by atoms with Crippen LogP contribution in [0.25, 0.3) is 0 Å². The Labute approximate surface area is 165 Å². The molecule has 29 heavy (non-hydrogen) atoms. The molecule has 0 aliphatic carbocycles. The lowest BCUT2D eigenvalue weighted by Crippen LogP contribution is -2.42. The van der Waals surface area contributed by atoms with Crippen molar-refractivity contribution in [3.05, 3.63) is 71.3 Å². The summed E-state index contributed by atoms with van der Waals surface area (Å²) in [5.41, 5.74) is 4.22. The third-order valence-electron chi connectivity index (χ3n) is 4.05. The summed E-state index contributed by atoms with van der Waals surface area (Å²) in [7, 11) is 0. The zero-order valence-corrected chi connectivity index (χ0v) is 15.5. The standard InChI is InChI=1S/C20H20F3N3O3/c1-13(14-5-3-2-4-6-14)24-17(27)11-12-18(28)25-26-19(29)15-7-9-16(10-8-15)20(21,22)23/h2-10,13H,11-12H2,1H3,(H,24,27)(H,25,28)(H,26,29)/t13-/m0/s1. The van der Waals surface area contributed by atoms with Gasteiger partial charge in [-0.25, -0.2) is 0 Å². The van der Waals surface area contributed by atoms with Gasteiger partial charge in [-0.3, -0.25) is 25.2 Å². The highest BCUT2D eigenvalue weighted by Gasteiger charge is 2.30. The SMILES string of the molecule is C[C@H](NC(=O)CCC(=O)NNC(=O)c1ccc(C(F)(F)F)cc1)c1ccccc1. The van der Waals surface area contributed by atoms with Gasteiger partial charge in [-0.15, -0.1) is 0 Å². The Kier molecular flexibility index (Phi) is 7.35. The van der Waals surface area contributed by atoms with Crippen molar-refractivity contribution in [2.45, 2.75) is 32.0 Å². The topological polar surface area (TPSA) is 87.3 Å². The molecule has 2 aromatic rings. The van der Waals surface area contributed by atoms with E-state index in [1.807, 2.05) is 37.3 Å². The Morgan fingerprint density at radius 1 is 0.862 bits per heavy atom. The lowest BCUT2D eigenvalue weighted by Gasteiger charge is -2.14. The van der Waals surface area contributed by atoms with Crippen molar-refractivity contribution in [3.63, 3.8) is 0 Å². The van der Waals surface area contributed by atoms with E-state index in [9.17, 15) is 27.6 Å². The molecule has 0 spiro atoms. The highest BCUT2D eigenvalue weighted by molar-refractivity contribution is 5.95. The van der Waals surface area contributed by atoms with Crippen LogP contribution in [-0.4, -0.2) is 17.7 Å². The molecule has 9 heteroatoms. The largest absolute Gasteiger partial charge is 0.416 e. The van der Waals surface area contributed by atoms with Crippen LogP contribution < -0.4 is 16.2 Å². The number of halogens is 3. The van der Waals surface area contributed by atoms with E-state index < -0.39 is 23.6 Å². The molecule has 0 saturated carbocycles. The summed E-state index contributed by atoms with van der Waals surface area (Å²) in [4.78, 5) is 35.6. The fraction of sp³-hybridized carbons (Fsp3) is 0.250. The number of hydrogen-bond acceptors (Lipinski definition) is 3. The Morgan fingerprint density at radius 2 is 1.45 bits per heavy atom. The predicted molar refractivity (Wildman–Crippen MR) is 99.3 cm³/mol. The number of carbonyl (C=O) groups is 3. The fourth-order valence-corrected chi connectivity index (χ4v) is 2.44. The van der Waals surface area contributed by atoms with Crippen molar-refractivity contribution in [2.24, 2.45) is 0 Å². The lowest BCUT2D eigenvalue weighted by atomic mass is 10.1. The van der Waals surface area contributed by atoms with E-state index in [2.05, 4.69) is 16.2 Å². The Balaban J connectivity index is 1.73. The van der Waals surface area contributed by atoms with Gasteiger partial charge in [0.25, 0.3) is 5.91 Å². The Hall–Kier alpha value is -3.36. The number of alkyl halides is 3. The van der Waals surface area contributed by atoms with Crippen LogP contribution >= 0.6 is 0 Å². The molecule has 0 unspecified atom stereocenters. The van der Waals surface area contributed by atoms with Gasteiger partial charge in [-0.2, -0.15) is 13.2 Å². The van der Waals surface area contributed by atoms with Crippen LogP contribution in [0.15, 0.2) is 54.6 Å². The first-order valence-electron chi connectivity index (χ1n) is 8.77. The number of carbonyl (C=O) groups excluding carboxylic acids is 3. The van der Waals surface area contributed by atoms with Crippen molar-refractivity contribution >= 4 is 17.7 Å². The second-order valence-electron chi connectivity index (χ2n) is 6.28. The number of hydrogen-bond donors (Lipinski definition) is 3. The number of hydrazine groups is 1. The van der Waals surface area contributed by atoms with Gasteiger partial charge in [0.2, 0.25) is 11.8 Å². The summed E-state index contributed by atoms with van der Waals surface area (Å²) in [6.07, 6.45) is -4.75. The smallest absolute Gasteiger partial charge is 0.350 e. The molecule has 0 fully saturated rings. The predicted octanol–water partition coefficient (Wildman–Crippen LogP) is 3.12. The second kappa shape index (κ2) is 9.72. The van der Waals surface area contributed by atoms with Crippen molar-refractivity contribution in [2.75, 3.05) is 0 Å². The summed E-state index contributed by atoms with van der Waals surface area (Å²) in [6.45, 7) is 1.82. The van der Waals surface area contributed by atoms with Gasteiger partial charge in [0.1, 0.15) is 0 Å². The van der Waals surface area contributed by atoms with E-state index in [-0.39, 0.29) is 30.4 Å². The van der Waals surface area contributed by atoms with Gasteiger partial charge < -0.3 is 5.32 Å². The number of benzene rings is 2. The minimum Gasteiger partial charge on any atom is -0.350 e. The summed E-state index contributed by atoms with van der Waals surface area (Å²) in [6, 6.07) is 12.6. The van der Waals surface area contributed by atoms with E-state index in [4.69, 9.17) is 0 Å². The average molecular weight is 407 g/mol.